The molecule has 0 aliphatic rings. The van der Waals surface area contributed by atoms with Crippen LogP contribution in [0.15, 0.2) is 51.7 Å². The number of fused-ring (bicyclic) bond motifs is 2. The zero-order valence-corrected chi connectivity index (χ0v) is 20.6. The van der Waals surface area contributed by atoms with E-state index in [1.807, 2.05) is 0 Å². The Morgan fingerprint density at radius 2 is 1.69 bits per heavy atom. The van der Waals surface area contributed by atoms with Crippen molar-refractivity contribution in [1.82, 2.24) is 35.0 Å². The lowest BCUT2D eigenvalue weighted by Crippen LogP contribution is -2.28. The molecule has 0 saturated heterocycles. The van der Waals surface area contributed by atoms with E-state index in [1.54, 1.807) is 44.3 Å². The van der Waals surface area contributed by atoms with Crippen LogP contribution in [0.25, 0.3) is 16.7 Å². The number of carbonyl (C=O) groups is 3. The number of hydrogen-bond acceptors (Lipinski definition) is 9. The molecule has 2 aromatic carbocycles. The van der Waals surface area contributed by atoms with Crippen LogP contribution in [0, 0.1) is 6.92 Å². The van der Waals surface area contributed by atoms with Gasteiger partial charge in [-0.3, -0.25) is 14.2 Å². The normalized spacial score (nSPS) is 11.1. The van der Waals surface area contributed by atoms with Gasteiger partial charge >= 0.3 is 11.7 Å². The van der Waals surface area contributed by atoms with Crippen molar-refractivity contribution in [1.29, 1.82) is 0 Å². The molecule has 0 radical (unpaired) electrons. The Kier molecular flexibility index (Phi) is 6.27. The van der Waals surface area contributed by atoms with Crippen LogP contribution in [-0.4, -0.2) is 52.4 Å². The van der Waals surface area contributed by atoms with E-state index in [0.29, 0.717) is 27.8 Å². The Labute approximate surface area is 218 Å². The lowest BCUT2D eigenvalue weighted by atomic mass is 10.1. The molecule has 0 aliphatic heterocycles. The number of carboxylic acids is 1. The molecule has 0 unspecified atom stereocenters. The molecule has 14 heteroatoms. The second-order valence-electron chi connectivity index (χ2n) is 8.72. The molecule has 2 amide bonds. The second-order valence-corrected chi connectivity index (χ2v) is 8.72. The van der Waals surface area contributed by atoms with Gasteiger partial charge in [0.15, 0.2) is 5.58 Å². The standard InChI is InChI=1S/C25H21N7O7/c1-12-7-13(3-5-15(12)24(36)37)10-26-21(33)16-9-18(32-20(28-16)23(35)29-30-32)22(34)27-11-14-4-6-19-17(8-14)31(2)25(38)39-19/h3-9,35H,10-11H2,1-2H3,(H,26,33)(H,27,34)(H,36,37). The van der Waals surface area contributed by atoms with Crippen molar-refractivity contribution < 1.29 is 29.0 Å². The highest BCUT2D eigenvalue weighted by Gasteiger charge is 2.21. The van der Waals surface area contributed by atoms with E-state index in [-0.39, 0.29) is 35.7 Å². The average molecular weight is 531 g/mol. The van der Waals surface area contributed by atoms with Crippen molar-refractivity contribution in [2.45, 2.75) is 20.0 Å². The lowest BCUT2D eigenvalue weighted by Gasteiger charge is -2.10. The Hall–Kier alpha value is -5.53. The molecule has 0 bridgehead atoms. The SMILES string of the molecule is Cc1cc(CNC(=O)c2cc(C(=O)NCc3ccc4oc(=O)n(C)c4c3)n3nnc(O)c3n2)ccc1C(=O)O. The van der Waals surface area contributed by atoms with E-state index in [0.717, 1.165) is 4.52 Å². The molecular formula is C25H21N7O7. The quantitative estimate of drug-likeness (QED) is 0.237. The number of aryl methyl sites for hydroxylation is 2. The summed E-state index contributed by atoms with van der Waals surface area (Å²) in [6, 6.07) is 10.9. The number of aromatic nitrogens is 5. The highest BCUT2D eigenvalue weighted by Crippen LogP contribution is 2.17. The van der Waals surface area contributed by atoms with Crippen LogP contribution < -0.4 is 16.4 Å². The number of rotatable bonds is 7. The maximum absolute atomic E-state index is 13.1. The number of amides is 2. The van der Waals surface area contributed by atoms with E-state index in [1.165, 1.54) is 16.7 Å². The van der Waals surface area contributed by atoms with Crippen LogP contribution in [0.4, 0.5) is 0 Å². The van der Waals surface area contributed by atoms with Gasteiger partial charge in [0.1, 0.15) is 11.4 Å². The first kappa shape index (κ1) is 25.1. The van der Waals surface area contributed by atoms with Crippen molar-refractivity contribution in [3.63, 3.8) is 0 Å². The third-order valence-corrected chi connectivity index (χ3v) is 6.11. The molecule has 198 valence electrons. The largest absolute Gasteiger partial charge is 0.489 e. The predicted molar refractivity (Wildman–Crippen MR) is 134 cm³/mol. The average Bonchev–Trinajstić information content (AvgIpc) is 3.43. The first-order valence-corrected chi connectivity index (χ1v) is 11.6. The Morgan fingerprint density at radius 3 is 2.41 bits per heavy atom. The monoisotopic (exact) mass is 531 g/mol. The van der Waals surface area contributed by atoms with Crippen LogP contribution in [0.2, 0.25) is 0 Å². The number of carboxylic acid groups (broad SMARTS) is 1. The van der Waals surface area contributed by atoms with E-state index in [4.69, 9.17) is 4.42 Å². The molecule has 0 atom stereocenters. The number of carbonyl (C=O) groups excluding carboxylic acids is 2. The fraction of sp³-hybridized carbons (Fsp3) is 0.160. The summed E-state index contributed by atoms with van der Waals surface area (Å²) in [5.41, 5.74) is 2.55. The number of nitrogens with zero attached hydrogens (tertiary/aromatic N) is 5. The Balaban J connectivity index is 1.36. The molecule has 0 spiro atoms. The molecule has 3 heterocycles. The number of aromatic hydroxyl groups is 1. The van der Waals surface area contributed by atoms with Crippen molar-refractivity contribution in [2.24, 2.45) is 7.05 Å². The Bertz CT molecular complexity index is 1850. The van der Waals surface area contributed by atoms with Gasteiger partial charge in [0.2, 0.25) is 5.65 Å². The van der Waals surface area contributed by atoms with E-state index < -0.39 is 29.4 Å². The number of aromatic carboxylic acids is 1. The summed E-state index contributed by atoms with van der Waals surface area (Å²) < 4.78 is 7.47. The molecule has 5 aromatic rings. The number of oxazole rings is 1. The summed E-state index contributed by atoms with van der Waals surface area (Å²) in [6.07, 6.45) is 0. The molecule has 0 saturated carbocycles. The topological polar surface area (TPSA) is 194 Å². The van der Waals surface area contributed by atoms with Gasteiger partial charge in [-0.1, -0.05) is 28.5 Å². The number of hydrogen-bond donors (Lipinski definition) is 4. The van der Waals surface area contributed by atoms with Crippen LogP contribution in [0.5, 0.6) is 5.88 Å². The van der Waals surface area contributed by atoms with Crippen molar-refractivity contribution in [2.75, 3.05) is 0 Å². The van der Waals surface area contributed by atoms with Gasteiger partial charge in [-0.25, -0.2) is 14.6 Å². The van der Waals surface area contributed by atoms with E-state index in [9.17, 15) is 29.4 Å². The molecule has 0 aliphatic carbocycles. The molecule has 39 heavy (non-hydrogen) atoms. The molecule has 5 rings (SSSR count). The summed E-state index contributed by atoms with van der Waals surface area (Å²) in [7, 11) is 1.57. The van der Waals surface area contributed by atoms with Gasteiger partial charge in [0.25, 0.3) is 17.7 Å². The fourth-order valence-corrected chi connectivity index (χ4v) is 4.05. The zero-order chi connectivity index (χ0) is 27.8. The molecule has 0 fully saturated rings. The summed E-state index contributed by atoms with van der Waals surface area (Å²) >= 11 is 0. The van der Waals surface area contributed by atoms with Gasteiger partial charge in [-0.15, -0.1) is 0 Å². The fourth-order valence-electron chi connectivity index (χ4n) is 4.05. The second kappa shape index (κ2) is 9.74. The zero-order valence-electron chi connectivity index (χ0n) is 20.6. The first-order valence-electron chi connectivity index (χ1n) is 11.6. The Morgan fingerprint density at radius 1 is 1.00 bits per heavy atom. The number of benzene rings is 2. The first-order chi connectivity index (χ1) is 18.6. The van der Waals surface area contributed by atoms with Crippen LogP contribution in [0.1, 0.15) is 48.0 Å². The number of nitrogens with one attached hydrogen (secondary N) is 2. The maximum atomic E-state index is 13.1. The van der Waals surface area contributed by atoms with Crippen LogP contribution in [0.3, 0.4) is 0 Å². The summed E-state index contributed by atoms with van der Waals surface area (Å²) in [4.78, 5) is 53.0. The van der Waals surface area contributed by atoms with E-state index in [2.05, 4.69) is 25.9 Å². The lowest BCUT2D eigenvalue weighted by molar-refractivity contribution is 0.0695. The van der Waals surface area contributed by atoms with Crippen molar-refractivity contribution in [3.05, 3.63) is 86.7 Å². The van der Waals surface area contributed by atoms with E-state index >= 15 is 0 Å². The van der Waals surface area contributed by atoms with Crippen LogP contribution in [-0.2, 0) is 20.1 Å². The molecule has 3 aromatic heterocycles. The summed E-state index contributed by atoms with van der Waals surface area (Å²) in [5, 5.41) is 31.9. The molecular weight excluding hydrogens is 510 g/mol. The third-order valence-electron chi connectivity index (χ3n) is 6.11. The molecule has 4 N–H and O–H groups in total. The van der Waals surface area contributed by atoms with Gasteiger partial charge in [0, 0.05) is 26.2 Å². The predicted octanol–water partition coefficient (Wildman–Crippen LogP) is 1.14. The third kappa shape index (κ3) is 4.77. The van der Waals surface area contributed by atoms with Gasteiger partial charge < -0.3 is 25.3 Å². The maximum Gasteiger partial charge on any atom is 0.419 e. The highest BCUT2D eigenvalue weighted by molar-refractivity contribution is 5.98. The van der Waals surface area contributed by atoms with Crippen molar-refractivity contribution in [3.8, 4) is 5.88 Å². The minimum Gasteiger partial charge on any atom is -0.489 e. The highest BCUT2D eigenvalue weighted by atomic mass is 16.4. The minimum absolute atomic E-state index is 0.0659. The smallest absolute Gasteiger partial charge is 0.419 e. The van der Waals surface area contributed by atoms with Crippen LogP contribution >= 0.6 is 0 Å². The summed E-state index contributed by atoms with van der Waals surface area (Å²) in [6.45, 7) is 1.79. The minimum atomic E-state index is -1.05. The summed E-state index contributed by atoms with van der Waals surface area (Å²) in [5.74, 6) is -3.38. The molecule has 14 nitrogen and oxygen atoms in total. The van der Waals surface area contributed by atoms with Gasteiger partial charge in [-0.05, 0) is 41.8 Å². The van der Waals surface area contributed by atoms with Gasteiger partial charge in [0.05, 0.1) is 11.1 Å². The van der Waals surface area contributed by atoms with Gasteiger partial charge in [-0.2, -0.15) is 4.52 Å². The van der Waals surface area contributed by atoms with Crippen molar-refractivity contribution >= 4 is 34.5 Å².